The summed E-state index contributed by atoms with van der Waals surface area (Å²) in [4.78, 5) is 11.5. The fourth-order valence-corrected chi connectivity index (χ4v) is 2.17. The van der Waals surface area contributed by atoms with Gasteiger partial charge in [-0.3, -0.25) is 4.79 Å². The third-order valence-electron chi connectivity index (χ3n) is 3.57. The van der Waals surface area contributed by atoms with Crippen molar-refractivity contribution >= 4 is 14.4 Å². The van der Waals surface area contributed by atoms with Crippen molar-refractivity contribution in [3.05, 3.63) is 34.4 Å². The highest BCUT2D eigenvalue weighted by molar-refractivity contribution is 6.74. The third kappa shape index (κ3) is 3.58. The lowest BCUT2D eigenvalue weighted by Gasteiger charge is -2.35. The summed E-state index contributed by atoms with van der Waals surface area (Å²) in [5.41, 5.74) is -0.477. The Labute approximate surface area is 114 Å². The molecule has 1 heterocycles. The van der Waals surface area contributed by atoms with Gasteiger partial charge < -0.3 is 13.9 Å². The van der Waals surface area contributed by atoms with Gasteiger partial charge in [0, 0.05) is 6.07 Å². The molecule has 1 aromatic rings. The Morgan fingerprint density at radius 1 is 1.47 bits per heavy atom. The predicted octanol–water partition coefficient (Wildman–Crippen LogP) is 3.51. The van der Waals surface area contributed by atoms with Gasteiger partial charge in [0.15, 0.2) is 14.1 Å². The van der Waals surface area contributed by atoms with Crippen LogP contribution in [0.4, 0.5) is 0 Å². The first-order valence-electron chi connectivity index (χ1n) is 6.21. The summed E-state index contributed by atoms with van der Waals surface area (Å²) in [6.45, 7) is 14.4. The lowest BCUT2D eigenvalue weighted by molar-refractivity contribution is 0.240. The summed E-state index contributed by atoms with van der Waals surface area (Å²) in [5, 5.41) is 9.56. The first-order chi connectivity index (χ1) is 8.58. The molecule has 0 spiro atoms. The Bertz CT molecular complexity index is 523. The van der Waals surface area contributed by atoms with Crippen molar-refractivity contribution in [3.8, 4) is 5.75 Å². The smallest absolute Gasteiger partial charge is 0.227 e. The van der Waals surface area contributed by atoms with Gasteiger partial charge in [0.25, 0.3) is 0 Å². The van der Waals surface area contributed by atoms with E-state index < -0.39 is 19.5 Å². The van der Waals surface area contributed by atoms with Gasteiger partial charge >= 0.3 is 0 Å². The van der Waals surface area contributed by atoms with E-state index in [0.717, 1.165) is 0 Å². The van der Waals surface area contributed by atoms with Gasteiger partial charge in [0.2, 0.25) is 11.2 Å². The fourth-order valence-electron chi connectivity index (χ4n) is 1.23. The van der Waals surface area contributed by atoms with E-state index >= 15 is 0 Å². The van der Waals surface area contributed by atoms with Crippen LogP contribution in [0.2, 0.25) is 18.1 Å². The van der Waals surface area contributed by atoms with Crippen LogP contribution in [0, 0.1) is 0 Å². The lowest BCUT2D eigenvalue weighted by atomic mass is 10.2. The Morgan fingerprint density at radius 3 is 2.53 bits per heavy atom. The van der Waals surface area contributed by atoms with E-state index in [1.54, 1.807) is 0 Å². The molecule has 1 aromatic heterocycles. The molecule has 0 bridgehead atoms. The van der Waals surface area contributed by atoms with Crippen molar-refractivity contribution in [3.63, 3.8) is 0 Å². The normalized spacial score (nSPS) is 12.5. The highest BCUT2D eigenvalue weighted by Gasteiger charge is 2.37. The standard InChI is InChI=1S/C14H22O4Si/c1-7-12-13(16)11(15)8-10(18-12)9-17-19(5,6)14(2,3)4/h7-8,16H,1,9H2,2-6H3. The van der Waals surface area contributed by atoms with Crippen LogP contribution < -0.4 is 5.43 Å². The second-order valence-electron chi connectivity index (χ2n) is 6.04. The van der Waals surface area contributed by atoms with Gasteiger partial charge in [0.1, 0.15) is 5.76 Å². The van der Waals surface area contributed by atoms with Crippen molar-refractivity contribution < 1.29 is 13.9 Å². The molecule has 0 aliphatic carbocycles. The van der Waals surface area contributed by atoms with Crippen molar-refractivity contribution in [2.24, 2.45) is 0 Å². The molecule has 19 heavy (non-hydrogen) atoms. The topological polar surface area (TPSA) is 59.7 Å². The van der Waals surface area contributed by atoms with Gasteiger partial charge in [-0.15, -0.1) is 0 Å². The van der Waals surface area contributed by atoms with Crippen molar-refractivity contribution in [2.45, 2.75) is 45.5 Å². The predicted molar refractivity (Wildman–Crippen MR) is 78.7 cm³/mol. The summed E-state index contributed by atoms with van der Waals surface area (Å²) >= 11 is 0. The molecule has 0 radical (unpaired) electrons. The molecule has 1 N–H and O–H groups in total. The maximum absolute atomic E-state index is 11.5. The van der Waals surface area contributed by atoms with Crippen LogP contribution in [0.25, 0.3) is 6.08 Å². The number of hydrogen-bond donors (Lipinski definition) is 1. The maximum atomic E-state index is 11.5. The van der Waals surface area contributed by atoms with Crippen LogP contribution in [-0.4, -0.2) is 13.4 Å². The molecule has 0 amide bonds. The van der Waals surface area contributed by atoms with Crippen LogP contribution in [0.3, 0.4) is 0 Å². The van der Waals surface area contributed by atoms with Gasteiger partial charge in [0.05, 0.1) is 6.61 Å². The van der Waals surface area contributed by atoms with Gasteiger partial charge in [-0.25, -0.2) is 0 Å². The maximum Gasteiger partial charge on any atom is 0.227 e. The van der Waals surface area contributed by atoms with Crippen LogP contribution in [0.5, 0.6) is 5.75 Å². The Morgan fingerprint density at radius 2 is 2.05 bits per heavy atom. The van der Waals surface area contributed by atoms with Gasteiger partial charge in [-0.2, -0.15) is 0 Å². The Hall–Kier alpha value is -1.33. The van der Waals surface area contributed by atoms with E-state index in [1.165, 1.54) is 12.1 Å². The van der Waals surface area contributed by atoms with E-state index in [0.29, 0.717) is 5.76 Å². The second kappa shape index (κ2) is 5.34. The summed E-state index contributed by atoms with van der Waals surface area (Å²) in [6.07, 6.45) is 1.31. The third-order valence-corrected chi connectivity index (χ3v) is 8.05. The summed E-state index contributed by atoms with van der Waals surface area (Å²) < 4.78 is 11.3. The Balaban J connectivity index is 2.94. The summed E-state index contributed by atoms with van der Waals surface area (Å²) in [7, 11) is -1.90. The fraction of sp³-hybridized carbons (Fsp3) is 0.500. The quantitative estimate of drug-likeness (QED) is 0.858. The molecule has 0 fully saturated rings. The average Bonchev–Trinajstić information content (AvgIpc) is 2.29. The highest BCUT2D eigenvalue weighted by Crippen LogP contribution is 2.37. The minimum atomic E-state index is -1.90. The van der Waals surface area contributed by atoms with Crippen LogP contribution in [0.15, 0.2) is 21.9 Å². The summed E-state index contributed by atoms with van der Waals surface area (Å²) in [6, 6.07) is 1.26. The van der Waals surface area contributed by atoms with Crippen LogP contribution in [0.1, 0.15) is 32.3 Å². The summed E-state index contributed by atoms with van der Waals surface area (Å²) in [5.74, 6) is 0.0786. The number of rotatable bonds is 4. The van der Waals surface area contributed by atoms with E-state index in [1.807, 2.05) is 0 Å². The molecule has 0 aromatic carbocycles. The number of hydrogen-bond acceptors (Lipinski definition) is 4. The van der Waals surface area contributed by atoms with E-state index in [4.69, 9.17) is 8.84 Å². The SMILES string of the molecule is C=Cc1oc(CO[Si](C)(C)C(C)(C)C)cc(=O)c1O. The average molecular weight is 282 g/mol. The van der Waals surface area contributed by atoms with E-state index in [2.05, 4.69) is 40.4 Å². The minimum absolute atomic E-state index is 0.0846. The van der Waals surface area contributed by atoms with Crippen molar-refractivity contribution in [1.82, 2.24) is 0 Å². The van der Waals surface area contributed by atoms with Crippen LogP contribution in [-0.2, 0) is 11.0 Å². The molecule has 5 heteroatoms. The first kappa shape index (κ1) is 15.7. The van der Waals surface area contributed by atoms with E-state index in [-0.39, 0.29) is 17.4 Å². The Kier molecular flexibility index (Phi) is 4.42. The second-order valence-corrected chi connectivity index (χ2v) is 10.9. The molecule has 0 aliphatic heterocycles. The zero-order chi connectivity index (χ0) is 14.8. The highest BCUT2D eigenvalue weighted by atomic mass is 28.4. The molecule has 0 unspecified atom stereocenters. The molecular formula is C14H22O4Si. The van der Waals surface area contributed by atoms with Crippen molar-refractivity contribution in [1.29, 1.82) is 0 Å². The molecule has 0 aliphatic rings. The zero-order valence-corrected chi connectivity index (χ0v) is 13.2. The molecule has 0 saturated heterocycles. The first-order valence-corrected chi connectivity index (χ1v) is 9.11. The molecule has 4 nitrogen and oxygen atoms in total. The molecular weight excluding hydrogens is 260 g/mol. The minimum Gasteiger partial charge on any atom is -0.502 e. The lowest BCUT2D eigenvalue weighted by Crippen LogP contribution is -2.40. The largest absolute Gasteiger partial charge is 0.502 e. The molecule has 0 atom stereocenters. The van der Waals surface area contributed by atoms with E-state index in [9.17, 15) is 9.90 Å². The van der Waals surface area contributed by atoms with Crippen LogP contribution >= 0.6 is 0 Å². The van der Waals surface area contributed by atoms with Gasteiger partial charge in [-0.1, -0.05) is 27.4 Å². The molecule has 106 valence electrons. The van der Waals surface area contributed by atoms with Crippen molar-refractivity contribution in [2.75, 3.05) is 0 Å². The number of aromatic hydroxyl groups is 1. The monoisotopic (exact) mass is 282 g/mol. The zero-order valence-electron chi connectivity index (χ0n) is 12.2. The molecule has 0 saturated carbocycles. The van der Waals surface area contributed by atoms with Gasteiger partial charge in [-0.05, 0) is 24.2 Å². The molecule has 1 rings (SSSR count).